The number of rotatable bonds is 2. The van der Waals surface area contributed by atoms with Crippen LogP contribution in [0.15, 0.2) is 45.9 Å². The van der Waals surface area contributed by atoms with E-state index in [0.29, 0.717) is 40.2 Å². The highest BCUT2D eigenvalue weighted by molar-refractivity contribution is 8.26. The Bertz CT molecular complexity index is 921. The zero-order chi connectivity index (χ0) is 18.1. The van der Waals surface area contributed by atoms with Gasteiger partial charge in [-0.15, -0.1) is 0 Å². The number of nitrogens with one attached hydrogen (secondary N) is 1. The Hall–Kier alpha value is -2.58. The van der Waals surface area contributed by atoms with Gasteiger partial charge in [0.25, 0.3) is 11.8 Å². The summed E-state index contributed by atoms with van der Waals surface area (Å²) in [6.07, 6.45) is 3.94. The lowest BCUT2D eigenvalue weighted by Crippen LogP contribution is -2.31. The maximum atomic E-state index is 12.8. The van der Waals surface area contributed by atoms with Crippen molar-refractivity contribution in [1.29, 1.82) is 0 Å². The normalized spacial score (nSPS) is 18.3. The maximum Gasteiger partial charge on any atom is 0.294 e. The van der Waals surface area contributed by atoms with Gasteiger partial charge in [-0.2, -0.15) is 0 Å². The number of hydrogen-bond acceptors (Lipinski definition) is 6. The molecule has 6 nitrogen and oxygen atoms in total. The first-order chi connectivity index (χ1) is 12.6. The minimum absolute atomic E-state index is 0.213. The molecular formula is C18H14N2O4S2. The summed E-state index contributed by atoms with van der Waals surface area (Å²) in [6, 6.07) is 8.82. The molecule has 1 fully saturated rings. The van der Waals surface area contributed by atoms with E-state index in [0.717, 1.165) is 5.56 Å². The number of amides is 2. The topological polar surface area (TPSA) is 71.8 Å². The van der Waals surface area contributed by atoms with E-state index in [9.17, 15) is 9.59 Å². The predicted molar refractivity (Wildman–Crippen MR) is 103 cm³/mol. The molecule has 1 aromatic carbocycles. The monoisotopic (exact) mass is 386 g/mol. The summed E-state index contributed by atoms with van der Waals surface area (Å²) in [4.78, 5) is 26.8. The second-order valence-corrected chi connectivity index (χ2v) is 7.43. The molecule has 0 spiro atoms. The van der Waals surface area contributed by atoms with Gasteiger partial charge in [-0.05, 0) is 42.3 Å². The first-order valence-corrected chi connectivity index (χ1v) is 9.21. The standard InChI is InChI=1S/C18H14N2O4S2/c21-16-15(26-18(25)19-16)10-11-4-5-13-12(9-11)20(6-2-8-23-13)17(22)14-3-1-7-24-14/h1,3-5,7,9-10H,2,6,8H2,(H,19,21,25). The molecule has 8 heteroatoms. The Morgan fingerprint density at radius 3 is 2.96 bits per heavy atom. The average molecular weight is 386 g/mol. The number of ether oxygens (including phenoxy) is 1. The summed E-state index contributed by atoms with van der Waals surface area (Å²) in [5.74, 6) is 0.469. The summed E-state index contributed by atoms with van der Waals surface area (Å²) in [5.41, 5.74) is 1.44. The molecular weight excluding hydrogens is 372 g/mol. The van der Waals surface area contributed by atoms with Crippen molar-refractivity contribution in [2.45, 2.75) is 6.42 Å². The third-order valence-corrected chi connectivity index (χ3v) is 5.14. The van der Waals surface area contributed by atoms with Crippen LogP contribution in [0, 0.1) is 0 Å². The molecule has 2 aromatic rings. The molecule has 1 N–H and O–H groups in total. The number of carbonyl (C=O) groups is 2. The second-order valence-electron chi connectivity index (χ2n) is 5.72. The lowest BCUT2D eigenvalue weighted by atomic mass is 10.1. The fraction of sp³-hybridized carbons (Fsp3) is 0.167. The van der Waals surface area contributed by atoms with Gasteiger partial charge in [-0.1, -0.05) is 30.0 Å². The molecule has 0 aliphatic carbocycles. The van der Waals surface area contributed by atoms with E-state index in [2.05, 4.69) is 5.32 Å². The number of furan rings is 1. The fourth-order valence-corrected chi connectivity index (χ4v) is 3.84. The zero-order valence-corrected chi connectivity index (χ0v) is 15.2. The van der Waals surface area contributed by atoms with E-state index in [1.165, 1.54) is 18.0 Å². The summed E-state index contributed by atoms with van der Waals surface area (Å²) in [5, 5.41) is 2.59. The number of nitrogens with zero attached hydrogens (tertiary/aromatic N) is 1. The minimum atomic E-state index is -0.222. The molecule has 0 bridgehead atoms. The highest BCUT2D eigenvalue weighted by Gasteiger charge is 2.26. The van der Waals surface area contributed by atoms with E-state index in [-0.39, 0.29) is 17.6 Å². The number of fused-ring (bicyclic) bond motifs is 1. The largest absolute Gasteiger partial charge is 0.491 e. The van der Waals surface area contributed by atoms with Gasteiger partial charge in [-0.3, -0.25) is 9.59 Å². The lowest BCUT2D eigenvalue weighted by Gasteiger charge is -2.21. The SMILES string of the molecule is O=C1NC(=S)SC1=Cc1ccc2c(c1)N(C(=O)c1ccco1)CCCO2. The molecule has 2 amide bonds. The number of anilines is 1. The van der Waals surface area contributed by atoms with E-state index >= 15 is 0 Å². The third-order valence-electron chi connectivity index (χ3n) is 3.97. The molecule has 2 aliphatic rings. The molecule has 2 aliphatic heterocycles. The predicted octanol–water partition coefficient (Wildman–Crippen LogP) is 3.20. The van der Waals surface area contributed by atoms with E-state index in [1.54, 1.807) is 23.1 Å². The van der Waals surface area contributed by atoms with Gasteiger partial charge in [0.2, 0.25) is 0 Å². The van der Waals surface area contributed by atoms with Crippen LogP contribution in [0.25, 0.3) is 6.08 Å². The molecule has 4 rings (SSSR count). The van der Waals surface area contributed by atoms with Crippen molar-refractivity contribution in [1.82, 2.24) is 5.32 Å². The Morgan fingerprint density at radius 1 is 1.35 bits per heavy atom. The summed E-state index contributed by atoms with van der Waals surface area (Å²) >= 11 is 6.23. The third kappa shape index (κ3) is 3.25. The van der Waals surface area contributed by atoms with Crippen molar-refractivity contribution in [2.24, 2.45) is 0 Å². The smallest absolute Gasteiger partial charge is 0.294 e. The maximum absolute atomic E-state index is 12.8. The zero-order valence-electron chi connectivity index (χ0n) is 13.6. The van der Waals surface area contributed by atoms with Crippen LogP contribution in [0.1, 0.15) is 22.5 Å². The summed E-state index contributed by atoms with van der Waals surface area (Å²) in [7, 11) is 0. The van der Waals surface area contributed by atoms with Crippen LogP contribution >= 0.6 is 24.0 Å². The molecule has 3 heterocycles. The molecule has 0 atom stereocenters. The Labute approximate surface area is 159 Å². The van der Waals surface area contributed by atoms with Crippen LogP contribution in [0.2, 0.25) is 0 Å². The quantitative estimate of drug-likeness (QED) is 0.631. The van der Waals surface area contributed by atoms with Crippen molar-refractivity contribution in [3.8, 4) is 5.75 Å². The van der Waals surface area contributed by atoms with Crippen LogP contribution in [0.4, 0.5) is 5.69 Å². The van der Waals surface area contributed by atoms with Crippen molar-refractivity contribution >= 4 is 51.9 Å². The molecule has 0 unspecified atom stereocenters. The average Bonchev–Trinajstić information content (AvgIpc) is 3.20. The van der Waals surface area contributed by atoms with Gasteiger partial charge in [0.05, 0.1) is 23.5 Å². The van der Waals surface area contributed by atoms with Gasteiger partial charge in [0.15, 0.2) is 5.76 Å². The van der Waals surface area contributed by atoms with E-state index in [4.69, 9.17) is 21.4 Å². The number of thioether (sulfide) groups is 1. The van der Waals surface area contributed by atoms with Crippen molar-refractivity contribution < 1.29 is 18.7 Å². The molecule has 1 saturated heterocycles. The van der Waals surface area contributed by atoms with Gasteiger partial charge < -0.3 is 19.4 Å². The number of hydrogen-bond donors (Lipinski definition) is 1. The first-order valence-electron chi connectivity index (χ1n) is 7.99. The minimum Gasteiger partial charge on any atom is -0.491 e. The highest BCUT2D eigenvalue weighted by Crippen LogP contribution is 2.35. The van der Waals surface area contributed by atoms with Gasteiger partial charge in [0.1, 0.15) is 10.1 Å². The Balaban J connectivity index is 1.72. The van der Waals surface area contributed by atoms with Crippen LogP contribution in [-0.4, -0.2) is 29.3 Å². The van der Waals surface area contributed by atoms with Gasteiger partial charge in [0, 0.05) is 6.54 Å². The van der Waals surface area contributed by atoms with E-state index < -0.39 is 0 Å². The van der Waals surface area contributed by atoms with Crippen LogP contribution in [-0.2, 0) is 4.79 Å². The Kier molecular flexibility index (Phi) is 4.52. The highest BCUT2D eigenvalue weighted by atomic mass is 32.2. The molecule has 1 aromatic heterocycles. The summed E-state index contributed by atoms with van der Waals surface area (Å²) < 4.78 is 11.5. The fourth-order valence-electron chi connectivity index (χ4n) is 2.80. The molecule has 26 heavy (non-hydrogen) atoms. The summed E-state index contributed by atoms with van der Waals surface area (Å²) in [6.45, 7) is 1.05. The van der Waals surface area contributed by atoms with Gasteiger partial charge >= 0.3 is 0 Å². The number of thiocarbonyl (C=S) groups is 1. The second kappa shape index (κ2) is 6.97. The van der Waals surface area contributed by atoms with E-state index in [1.807, 2.05) is 18.2 Å². The van der Waals surface area contributed by atoms with Crippen molar-refractivity contribution in [2.75, 3.05) is 18.1 Å². The molecule has 0 saturated carbocycles. The molecule has 0 radical (unpaired) electrons. The van der Waals surface area contributed by atoms with Crippen LogP contribution in [0.5, 0.6) is 5.75 Å². The molecule has 132 valence electrons. The van der Waals surface area contributed by atoms with Crippen molar-refractivity contribution in [3.63, 3.8) is 0 Å². The van der Waals surface area contributed by atoms with Crippen LogP contribution < -0.4 is 15.0 Å². The lowest BCUT2D eigenvalue weighted by molar-refractivity contribution is -0.115. The van der Waals surface area contributed by atoms with Crippen LogP contribution in [0.3, 0.4) is 0 Å². The van der Waals surface area contributed by atoms with Gasteiger partial charge in [-0.25, -0.2) is 0 Å². The van der Waals surface area contributed by atoms with Crippen molar-refractivity contribution in [3.05, 3.63) is 52.8 Å². The Morgan fingerprint density at radius 2 is 2.23 bits per heavy atom. The first kappa shape index (κ1) is 16.9. The number of benzene rings is 1. The number of carbonyl (C=O) groups excluding carboxylic acids is 2.